The molecule has 2 aliphatic heterocycles. The minimum absolute atomic E-state index is 0. The number of unbranched alkanes of at least 4 members (excludes halogenated alkanes) is 3. The molecule has 2 aliphatic rings. The van der Waals surface area contributed by atoms with Crippen LogP contribution in [0.4, 0.5) is 0 Å². The third-order valence-corrected chi connectivity index (χ3v) is 8.13. The third kappa shape index (κ3) is 6.83. The summed E-state index contributed by atoms with van der Waals surface area (Å²) in [4.78, 5) is 5.02. The highest BCUT2D eigenvalue weighted by Crippen LogP contribution is 2.33. The molecule has 0 saturated heterocycles. The van der Waals surface area contributed by atoms with Gasteiger partial charge in [0, 0.05) is 26.2 Å². The Morgan fingerprint density at radius 1 is 0.594 bits per heavy atom. The van der Waals surface area contributed by atoms with Crippen LogP contribution in [0, 0.1) is 0 Å². The highest BCUT2D eigenvalue weighted by molar-refractivity contribution is 6.43. The molecular weight excluding hydrogens is 529 g/mol. The van der Waals surface area contributed by atoms with Gasteiger partial charge in [-0.05, 0) is 73.2 Å². The summed E-state index contributed by atoms with van der Waals surface area (Å²) in [5, 5.41) is 2.81. The molecule has 0 amide bonds. The summed E-state index contributed by atoms with van der Waals surface area (Å²) >= 11 is 25.2. The molecule has 0 bridgehead atoms. The van der Waals surface area contributed by atoms with E-state index in [-0.39, 0.29) is 24.8 Å². The van der Waals surface area contributed by atoms with Crippen molar-refractivity contribution < 1.29 is 0 Å². The monoisotopic (exact) mass is 556 g/mol. The molecule has 32 heavy (non-hydrogen) atoms. The van der Waals surface area contributed by atoms with Crippen LogP contribution in [0.1, 0.15) is 47.9 Å². The van der Waals surface area contributed by atoms with E-state index in [1.165, 1.54) is 47.9 Å². The summed E-state index contributed by atoms with van der Waals surface area (Å²) in [7, 11) is 0. The third-order valence-electron chi connectivity index (χ3n) is 6.44. The highest BCUT2D eigenvalue weighted by atomic mass is 35.5. The number of benzene rings is 2. The number of hydrogen-bond donors (Lipinski definition) is 0. The Kier molecular flexibility index (Phi) is 11.7. The maximum absolute atomic E-state index is 6.42. The molecular formula is C24H30Cl6N2. The van der Waals surface area contributed by atoms with E-state index < -0.39 is 0 Å². The largest absolute Gasteiger partial charge is 0.299 e. The second kappa shape index (κ2) is 13.3. The molecule has 2 heterocycles. The second-order valence-corrected chi connectivity index (χ2v) is 10.0. The van der Waals surface area contributed by atoms with E-state index in [4.69, 9.17) is 46.4 Å². The van der Waals surface area contributed by atoms with Gasteiger partial charge in [0.25, 0.3) is 0 Å². The van der Waals surface area contributed by atoms with E-state index in [0.29, 0.717) is 10.0 Å². The molecule has 0 saturated carbocycles. The minimum atomic E-state index is 0. The number of halogens is 6. The van der Waals surface area contributed by atoms with Gasteiger partial charge >= 0.3 is 0 Å². The molecule has 8 heteroatoms. The van der Waals surface area contributed by atoms with Crippen molar-refractivity contribution in [3.05, 3.63) is 66.6 Å². The molecule has 4 rings (SSSR count). The van der Waals surface area contributed by atoms with Crippen molar-refractivity contribution in [1.29, 1.82) is 0 Å². The lowest BCUT2D eigenvalue weighted by molar-refractivity contribution is 0.238. The first-order valence-electron chi connectivity index (χ1n) is 10.9. The summed E-state index contributed by atoms with van der Waals surface area (Å²) < 4.78 is 0. The topological polar surface area (TPSA) is 6.48 Å². The van der Waals surface area contributed by atoms with Gasteiger partial charge in [0.05, 0.1) is 20.1 Å². The summed E-state index contributed by atoms with van der Waals surface area (Å²) in [5.74, 6) is 0. The first-order valence-corrected chi connectivity index (χ1v) is 12.4. The van der Waals surface area contributed by atoms with E-state index in [9.17, 15) is 0 Å². The zero-order valence-electron chi connectivity index (χ0n) is 18.0. The summed E-state index contributed by atoms with van der Waals surface area (Å²) in [6.07, 6.45) is 7.13. The molecule has 2 aromatic carbocycles. The molecule has 0 N–H and O–H groups in total. The van der Waals surface area contributed by atoms with E-state index in [1.807, 2.05) is 12.1 Å². The van der Waals surface area contributed by atoms with E-state index in [2.05, 4.69) is 21.9 Å². The minimum Gasteiger partial charge on any atom is -0.299 e. The maximum atomic E-state index is 6.42. The van der Waals surface area contributed by atoms with Crippen molar-refractivity contribution >= 4 is 71.2 Å². The second-order valence-electron chi connectivity index (χ2n) is 8.46. The van der Waals surface area contributed by atoms with Gasteiger partial charge in [-0.15, -0.1) is 24.8 Å². The van der Waals surface area contributed by atoms with Crippen molar-refractivity contribution in [2.45, 2.75) is 51.6 Å². The van der Waals surface area contributed by atoms with Crippen LogP contribution < -0.4 is 0 Å². The van der Waals surface area contributed by atoms with Gasteiger partial charge in [-0.2, -0.15) is 0 Å². The van der Waals surface area contributed by atoms with Gasteiger partial charge in [0.15, 0.2) is 0 Å². The van der Waals surface area contributed by atoms with Crippen LogP contribution in [-0.2, 0) is 25.9 Å². The fourth-order valence-corrected chi connectivity index (χ4v) is 5.49. The van der Waals surface area contributed by atoms with Gasteiger partial charge in [0.1, 0.15) is 0 Å². The smallest absolute Gasteiger partial charge is 0.0640 e. The summed E-state index contributed by atoms with van der Waals surface area (Å²) in [6, 6.07) is 8.09. The Bertz CT molecular complexity index is 831. The molecule has 0 fully saturated rings. The van der Waals surface area contributed by atoms with Crippen molar-refractivity contribution in [2.75, 3.05) is 26.2 Å². The van der Waals surface area contributed by atoms with Gasteiger partial charge in [-0.3, -0.25) is 9.80 Å². The lowest BCUT2D eigenvalue weighted by Gasteiger charge is -2.30. The van der Waals surface area contributed by atoms with E-state index in [1.54, 1.807) is 0 Å². The number of rotatable bonds is 7. The Morgan fingerprint density at radius 3 is 1.41 bits per heavy atom. The van der Waals surface area contributed by atoms with Crippen molar-refractivity contribution in [2.24, 2.45) is 0 Å². The van der Waals surface area contributed by atoms with Gasteiger partial charge in [-0.25, -0.2) is 0 Å². The van der Waals surface area contributed by atoms with Crippen LogP contribution in [0.25, 0.3) is 0 Å². The normalized spacial score (nSPS) is 16.0. The lowest BCUT2D eigenvalue weighted by Crippen LogP contribution is -2.32. The van der Waals surface area contributed by atoms with Crippen LogP contribution >= 0.6 is 71.2 Å². The number of hydrogen-bond acceptors (Lipinski definition) is 2. The number of nitrogens with zero attached hydrogens (tertiary/aromatic N) is 2. The average Bonchev–Trinajstić information content (AvgIpc) is 2.76. The first kappa shape index (κ1) is 28.3. The lowest BCUT2D eigenvalue weighted by atomic mass is 9.99. The summed E-state index contributed by atoms with van der Waals surface area (Å²) in [5.41, 5.74) is 5.15. The van der Waals surface area contributed by atoms with Crippen LogP contribution in [0.2, 0.25) is 20.1 Å². The molecule has 0 unspecified atom stereocenters. The predicted molar refractivity (Wildman–Crippen MR) is 144 cm³/mol. The molecule has 0 atom stereocenters. The van der Waals surface area contributed by atoms with Crippen molar-refractivity contribution in [1.82, 2.24) is 9.80 Å². The molecule has 0 aliphatic carbocycles. The molecule has 2 nitrogen and oxygen atoms in total. The number of fused-ring (bicyclic) bond motifs is 2. The Balaban J connectivity index is 0.00000181. The van der Waals surface area contributed by atoms with Crippen LogP contribution in [0.3, 0.4) is 0 Å². The van der Waals surface area contributed by atoms with Crippen LogP contribution in [0.15, 0.2) is 24.3 Å². The van der Waals surface area contributed by atoms with Crippen LogP contribution in [-0.4, -0.2) is 36.0 Å². The maximum Gasteiger partial charge on any atom is 0.0640 e. The van der Waals surface area contributed by atoms with Crippen molar-refractivity contribution in [3.8, 4) is 0 Å². The fraction of sp³-hybridized carbons (Fsp3) is 0.500. The quantitative estimate of drug-likeness (QED) is 0.317. The molecule has 0 spiro atoms. The molecule has 178 valence electrons. The van der Waals surface area contributed by atoms with Gasteiger partial charge in [-0.1, -0.05) is 71.4 Å². The first-order chi connectivity index (χ1) is 14.5. The predicted octanol–water partition coefficient (Wildman–Crippen LogP) is 8.12. The van der Waals surface area contributed by atoms with Gasteiger partial charge in [0.2, 0.25) is 0 Å². The molecule has 2 aromatic rings. The standard InChI is InChI=1S/C24H28Cl4N2.2ClH/c25-21-7-5-17-9-13-29(15-19(17)23(21)27)11-3-1-2-4-12-30-14-10-18-6-8-22(26)24(28)20(18)16-30;;/h5-8H,1-4,9-16H2;2*1H. The average molecular weight is 559 g/mol. The zero-order chi connectivity index (χ0) is 21.1. The van der Waals surface area contributed by atoms with E-state index in [0.717, 1.165) is 62.2 Å². The Morgan fingerprint density at radius 2 is 1.00 bits per heavy atom. The molecule has 0 aromatic heterocycles. The zero-order valence-corrected chi connectivity index (χ0v) is 22.7. The van der Waals surface area contributed by atoms with Gasteiger partial charge < -0.3 is 0 Å². The Hall–Kier alpha value is 0.1000. The fourth-order valence-electron chi connectivity index (χ4n) is 4.64. The van der Waals surface area contributed by atoms with E-state index >= 15 is 0 Å². The summed E-state index contributed by atoms with van der Waals surface area (Å²) in [6.45, 7) is 6.33. The van der Waals surface area contributed by atoms with Crippen LogP contribution in [0.5, 0.6) is 0 Å². The molecule has 0 radical (unpaired) electrons. The Labute approximate surface area is 224 Å². The highest BCUT2D eigenvalue weighted by Gasteiger charge is 2.21. The van der Waals surface area contributed by atoms with Crippen molar-refractivity contribution in [3.63, 3.8) is 0 Å². The SMILES string of the molecule is Cl.Cl.Clc1ccc2c(c1Cl)CN(CCCCCCN1CCc3ccc(Cl)c(Cl)c3C1)CC2.